The maximum atomic E-state index is 12.9. The molecule has 0 aliphatic carbocycles. The third-order valence-corrected chi connectivity index (χ3v) is 7.05. The van der Waals surface area contributed by atoms with Crippen molar-refractivity contribution in [2.75, 3.05) is 31.5 Å². The van der Waals surface area contributed by atoms with Crippen LogP contribution in [0.25, 0.3) is 0 Å². The van der Waals surface area contributed by atoms with Crippen LogP contribution < -0.4 is 10.1 Å². The van der Waals surface area contributed by atoms with Gasteiger partial charge in [-0.3, -0.25) is 0 Å². The van der Waals surface area contributed by atoms with Gasteiger partial charge in [-0.05, 0) is 95.4 Å². The number of hydrogen-bond donors (Lipinski definition) is 2. The van der Waals surface area contributed by atoms with Gasteiger partial charge in [0, 0.05) is 31.9 Å². The molecule has 200 valence electrons. The van der Waals surface area contributed by atoms with Crippen LogP contribution in [0, 0.1) is 18.8 Å². The number of benzene rings is 1. The highest BCUT2D eigenvalue weighted by atomic mass is 16.6. The number of ether oxygens (including phenoxy) is 2. The van der Waals surface area contributed by atoms with E-state index in [2.05, 4.69) is 5.32 Å². The number of likely N-dealkylation sites (tertiary alicyclic amines) is 2. The number of hydrogen-bond acceptors (Lipinski definition) is 5. The van der Waals surface area contributed by atoms with Crippen molar-refractivity contribution in [2.45, 2.75) is 78.4 Å². The van der Waals surface area contributed by atoms with Gasteiger partial charge in [0.2, 0.25) is 0 Å². The number of carbonyl (C=O) groups is 3. The second kappa shape index (κ2) is 11.8. The molecule has 0 radical (unpaired) electrons. The van der Waals surface area contributed by atoms with Crippen molar-refractivity contribution in [3.05, 3.63) is 23.8 Å². The summed E-state index contributed by atoms with van der Waals surface area (Å²) >= 11 is 0. The quantitative estimate of drug-likeness (QED) is 0.557. The predicted octanol–water partition coefficient (Wildman–Crippen LogP) is 5.13. The monoisotopic (exact) mass is 503 g/mol. The van der Waals surface area contributed by atoms with E-state index >= 15 is 0 Å². The lowest BCUT2D eigenvalue weighted by Crippen LogP contribution is -2.46. The number of carbonyl (C=O) groups excluding carboxylic acids is 2. The molecule has 2 saturated heterocycles. The number of amides is 3. The van der Waals surface area contributed by atoms with Gasteiger partial charge >= 0.3 is 18.1 Å². The molecule has 2 fully saturated rings. The molecule has 2 aliphatic heterocycles. The van der Waals surface area contributed by atoms with Crippen LogP contribution in [0.4, 0.5) is 15.3 Å². The molecule has 0 saturated carbocycles. The van der Waals surface area contributed by atoms with Gasteiger partial charge in [0.1, 0.15) is 11.4 Å². The molecule has 1 atom stereocenters. The smallest absolute Gasteiger partial charge is 0.410 e. The molecule has 2 heterocycles. The van der Waals surface area contributed by atoms with Gasteiger partial charge < -0.3 is 29.7 Å². The maximum absolute atomic E-state index is 12.9. The molecule has 1 aromatic carbocycles. The van der Waals surface area contributed by atoms with E-state index in [4.69, 9.17) is 9.47 Å². The van der Waals surface area contributed by atoms with E-state index in [0.29, 0.717) is 42.8 Å². The molecule has 1 unspecified atom stereocenters. The maximum Gasteiger partial charge on any atom is 0.410 e. The Balaban J connectivity index is 1.45. The Hall–Kier alpha value is -2.97. The van der Waals surface area contributed by atoms with Crippen LogP contribution in [0.5, 0.6) is 5.75 Å². The number of nitrogens with zero attached hydrogens (tertiary/aromatic N) is 2. The standard InChI is InChI=1S/C27H41N3O6/c1-6-23(24(31)32)35-21-7-8-22(18(2)17-21)28-25(33)29-13-9-19(10-14-29)20-11-15-30(16-12-20)26(34)36-27(3,4)5/h7-8,17,19-20,23H,6,9-16H2,1-5H3,(H,28,33)(H,31,32). The molecule has 0 bridgehead atoms. The largest absolute Gasteiger partial charge is 0.479 e. The van der Waals surface area contributed by atoms with Crippen molar-refractivity contribution >= 4 is 23.8 Å². The van der Waals surface area contributed by atoms with Gasteiger partial charge in [-0.15, -0.1) is 0 Å². The van der Waals surface area contributed by atoms with Gasteiger partial charge in [-0.25, -0.2) is 14.4 Å². The fourth-order valence-corrected chi connectivity index (χ4v) is 4.97. The Morgan fingerprint density at radius 3 is 2.06 bits per heavy atom. The number of piperidine rings is 2. The molecule has 9 nitrogen and oxygen atoms in total. The predicted molar refractivity (Wildman–Crippen MR) is 137 cm³/mol. The Morgan fingerprint density at radius 2 is 1.58 bits per heavy atom. The number of urea groups is 1. The average Bonchev–Trinajstić information content (AvgIpc) is 2.83. The summed E-state index contributed by atoms with van der Waals surface area (Å²) in [4.78, 5) is 40.1. The Bertz CT molecular complexity index is 928. The van der Waals surface area contributed by atoms with Crippen molar-refractivity contribution in [1.29, 1.82) is 0 Å². The lowest BCUT2D eigenvalue weighted by atomic mass is 9.79. The topological polar surface area (TPSA) is 108 Å². The van der Waals surface area contributed by atoms with E-state index in [1.807, 2.05) is 37.5 Å². The first kappa shape index (κ1) is 27.6. The molecule has 36 heavy (non-hydrogen) atoms. The first-order chi connectivity index (χ1) is 17.0. The normalized spacial score (nSPS) is 18.5. The van der Waals surface area contributed by atoms with Crippen LogP contribution in [0.3, 0.4) is 0 Å². The van der Waals surface area contributed by atoms with Crippen molar-refractivity contribution < 1.29 is 29.0 Å². The lowest BCUT2D eigenvalue weighted by molar-refractivity contribution is -0.145. The summed E-state index contributed by atoms with van der Waals surface area (Å²) in [6.07, 6.45) is 3.12. The molecule has 0 aromatic heterocycles. The van der Waals surface area contributed by atoms with Crippen LogP contribution in [0.2, 0.25) is 0 Å². The second-order valence-corrected chi connectivity index (χ2v) is 10.9. The number of anilines is 1. The van der Waals surface area contributed by atoms with E-state index in [1.54, 1.807) is 25.1 Å². The summed E-state index contributed by atoms with van der Waals surface area (Å²) in [6.45, 7) is 12.1. The minimum atomic E-state index is -0.996. The van der Waals surface area contributed by atoms with Gasteiger partial charge in [0.05, 0.1) is 0 Å². The van der Waals surface area contributed by atoms with Crippen molar-refractivity contribution in [1.82, 2.24) is 9.80 Å². The van der Waals surface area contributed by atoms with Crippen molar-refractivity contribution in [2.24, 2.45) is 11.8 Å². The summed E-state index contributed by atoms with van der Waals surface area (Å²) in [5.41, 5.74) is 1.02. The minimum absolute atomic E-state index is 0.123. The number of carboxylic acid groups (broad SMARTS) is 1. The summed E-state index contributed by atoms with van der Waals surface area (Å²) in [7, 11) is 0. The van der Waals surface area contributed by atoms with Crippen LogP contribution >= 0.6 is 0 Å². The Labute approximate surface area is 214 Å². The molecular formula is C27H41N3O6. The van der Waals surface area contributed by atoms with E-state index in [-0.39, 0.29) is 12.1 Å². The molecular weight excluding hydrogens is 462 g/mol. The highest BCUT2D eigenvalue weighted by Crippen LogP contribution is 2.33. The number of aliphatic carboxylic acids is 1. The molecule has 9 heteroatoms. The number of nitrogens with one attached hydrogen (secondary N) is 1. The Morgan fingerprint density at radius 1 is 1.03 bits per heavy atom. The fraction of sp³-hybridized carbons (Fsp3) is 0.667. The highest BCUT2D eigenvalue weighted by Gasteiger charge is 2.33. The molecule has 0 spiro atoms. The zero-order valence-corrected chi connectivity index (χ0v) is 22.2. The summed E-state index contributed by atoms with van der Waals surface area (Å²) < 4.78 is 11.0. The van der Waals surface area contributed by atoms with Crippen LogP contribution in [-0.4, -0.2) is 70.9 Å². The average molecular weight is 504 g/mol. The van der Waals surface area contributed by atoms with Gasteiger partial charge in [0.15, 0.2) is 6.10 Å². The third kappa shape index (κ3) is 7.51. The molecule has 2 N–H and O–H groups in total. The van der Waals surface area contributed by atoms with E-state index < -0.39 is 17.7 Å². The zero-order valence-electron chi connectivity index (χ0n) is 22.2. The highest BCUT2D eigenvalue weighted by molar-refractivity contribution is 5.90. The minimum Gasteiger partial charge on any atom is -0.479 e. The summed E-state index contributed by atoms with van der Waals surface area (Å²) in [5, 5.41) is 12.2. The van der Waals surface area contributed by atoms with Crippen LogP contribution in [-0.2, 0) is 9.53 Å². The molecule has 2 aliphatic rings. The molecule has 1 aromatic rings. The first-order valence-corrected chi connectivity index (χ1v) is 13.0. The number of rotatable bonds is 6. The van der Waals surface area contributed by atoms with Gasteiger partial charge in [-0.1, -0.05) is 6.92 Å². The molecule has 3 rings (SSSR count). The second-order valence-electron chi connectivity index (χ2n) is 10.9. The molecule has 3 amide bonds. The van der Waals surface area contributed by atoms with Crippen molar-refractivity contribution in [3.63, 3.8) is 0 Å². The fourth-order valence-electron chi connectivity index (χ4n) is 4.97. The van der Waals surface area contributed by atoms with E-state index in [1.165, 1.54) is 0 Å². The van der Waals surface area contributed by atoms with Crippen LogP contribution in [0.1, 0.15) is 65.4 Å². The number of aryl methyl sites for hydroxylation is 1. The third-order valence-electron chi connectivity index (χ3n) is 7.05. The summed E-state index contributed by atoms with van der Waals surface area (Å²) in [5.74, 6) is 0.609. The van der Waals surface area contributed by atoms with Crippen molar-refractivity contribution in [3.8, 4) is 5.75 Å². The SMILES string of the molecule is CCC(Oc1ccc(NC(=O)N2CCC(C3CCN(C(=O)OC(C)(C)C)CC3)CC2)c(C)c1)C(=O)O. The lowest BCUT2D eigenvalue weighted by Gasteiger charge is -2.40. The Kier molecular flexibility index (Phi) is 9.08. The number of carboxylic acids is 1. The van der Waals surface area contributed by atoms with E-state index in [9.17, 15) is 19.5 Å². The zero-order chi connectivity index (χ0) is 26.5. The van der Waals surface area contributed by atoms with Gasteiger partial charge in [-0.2, -0.15) is 0 Å². The summed E-state index contributed by atoms with van der Waals surface area (Å²) in [6, 6.07) is 5.06. The first-order valence-electron chi connectivity index (χ1n) is 13.0. The van der Waals surface area contributed by atoms with Gasteiger partial charge in [0.25, 0.3) is 0 Å². The van der Waals surface area contributed by atoms with E-state index in [0.717, 1.165) is 44.3 Å². The van der Waals surface area contributed by atoms with Crippen LogP contribution in [0.15, 0.2) is 18.2 Å².